The van der Waals surface area contributed by atoms with Gasteiger partial charge < -0.3 is 10.4 Å². The Hall–Kier alpha value is -3.12. The van der Waals surface area contributed by atoms with Crippen molar-refractivity contribution in [3.05, 3.63) is 76.9 Å². The van der Waals surface area contributed by atoms with E-state index in [0.29, 0.717) is 17.9 Å². The Labute approximate surface area is 156 Å². The maximum Gasteiger partial charge on any atom is 0.164 e. The summed E-state index contributed by atoms with van der Waals surface area (Å²) in [4.78, 5) is 13.6. The molecule has 0 saturated carbocycles. The molecule has 4 rings (SSSR count). The minimum absolute atomic E-state index is 0.255. The Kier molecular flexibility index (Phi) is 4.41. The lowest BCUT2D eigenvalue weighted by Crippen LogP contribution is -2.13. The number of hydrogen-bond acceptors (Lipinski definition) is 5. The lowest BCUT2D eigenvalue weighted by molar-refractivity contribution is 0.210. The first-order valence-corrected chi connectivity index (χ1v) is 8.71. The number of aliphatic imine (C=N–C) groups is 1. The highest BCUT2D eigenvalue weighted by molar-refractivity contribution is 6.09. The molecule has 1 aromatic heterocycles. The minimum atomic E-state index is -1.06. The fourth-order valence-electron chi connectivity index (χ4n) is 3.06. The minimum Gasteiger partial charge on any atom is -0.380 e. The van der Waals surface area contributed by atoms with Gasteiger partial charge in [0.2, 0.25) is 0 Å². The molecule has 5 nitrogen and oxygen atoms in total. The number of benzene rings is 2. The number of aromatic nitrogens is 2. The van der Waals surface area contributed by atoms with Crippen molar-refractivity contribution in [1.29, 1.82) is 0 Å². The summed E-state index contributed by atoms with van der Waals surface area (Å²) in [5.74, 6) is 1.22. The van der Waals surface area contributed by atoms with Gasteiger partial charge in [-0.25, -0.2) is 14.4 Å². The van der Waals surface area contributed by atoms with Gasteiger partial charge in [0.25, 0.3) is 0 Å². The number of nitrogens with zero attached hydrogens (tertiary/aromatic N) is 3. The van der Waals surface area contributed by atoms with Gasteiger partial charge in [-0.3, -0.25) is 4.99 Å². The molecule has 0 saturated heterocycles. The molecule has 3 aromatic rings. The largest absolute Gasteiger partial charge is 0.380 e. The Morgan fingerprint density at radius 2 is 1.85 bits per heavy atom. The molecule has 27 heavy (non-hydrogen) atoms. The summed E-state index contributed by atoms with van der Waals surface area (Å²) in [6.07, 6.45) is 0.915. The van der Waals surface area contributed by atoms with Gasteiger partial charge in [-0.15, -0.1) is 0 Å². The Bertz CT molecular complexity index is 1070. The number of anilines is 1. The van der Waals surface area contributed by atoms with Crippen molar-refractivity contribution in [2.24, 2.45) is 4.99 Å². The van der Waals surface area contributed by atoms with Crippen LogP contribution in [0.1, 0.15) is 30.0 Å². The molecule has 1 aliphatic rings. The number of aliphatic hydroxyl groups is 1. The van der Waals surface area contributed by atoms with Gasteiger partial charge in [-0.2, -0.15) is 0 Å². The number of halogens is 1. The van der Waals surface area contributed by atoms with E-state index in [0.717, 1.165) is 22.3 Å². The zero-order valence-electron chi connectivity index (χ0n) is 15.1. The third kappa shape index (κ3) is 3.44. The Morgan fingerprint density at radius 1 is 1.07 bits per heavy atom. The van der Waals surface area contributed by atoms with E-state index in [-0.39, 0.29) is 11.6 Å². The normalized spacial score (nSPS) is 14.8. The average molecular weight is 362 g/mol. The van der Waals surface area contributed by atoms with E-state index in [4.69, 9.17) is 0 Å². The zero-order chi connectivity index (χ0) is 19.0. The van der Waals surface area contributed by atoms with Crippen molar-refractivity contribution in [1.82, 2.24) is 9.97 Å². The summed E-state index contributed by atoms with van der Waals surface area (Å²) in [6.45, 7) is 4.64. The van der Waals surface area contributed by atoms with E-state index in [1.807, 2.05) is 38.1 Å². The van der Waals surface area contributed by atoms with Gasteiger partial charge >= 0.3 is 0 Å². The summed E-state index contributed by atoms with van der Waals surface area (Å²) >= 11 is 0. The predicted molar refractivity (Wildman–Crippen MR) is 104 cm³/mol. The molecule has 136 valence electrons. The summed E-state index contributed by atoms with van der Waals surface area (Å²) < 4.78 is 13.2. The maximum atomic E-state index is 13.2. The molecular formula is C21H19FN4O. The molecule has 0 fully saturated rings. The number of amidine groups is 1. The summed E-state index contributed by atoms with van der Waals surface area (Å²) in [5, 5.41) is 14.8. The van der Waals surface area contributed by atoms with Crippen molar-refractivity contribution in [2.45, 2.75) is 20.0 Å². The molecule has 0 bridgehead atoms. The average Bonchev–Trinajstić information content (AvgIpc) is 3.07. The number of fused-ring (bicyclic) bond motifs is 1. The second kappa shape index (κ2) is 6.89. The molecule has 2 aromatic carbocycles. The van der Waals surface area contributed by atoms with Crippen LogP contribution in [0.4, 0.5) is 10.2 Å². The fourth-order valence-corrected chi connectivity index (χ4v) is 3.06. The first-order chi connectivity index (χ1) is 13.0. The highest BCUT2D eigenvalue weighted by atomic mass is 19.1. The van der Waals surface area contributed by atoms with Gasteiger partial charge in [-0.1, -0.05) is 24.3 Å². The summed E-state index contributed by atoms with van der Waals surface area (Å²) in [6, 6.07) is 11.5. The van der Waals surface area contributed by atoms with Crippen LogP contribution < -0.4 is 5.32 Å². The first-order valence-electron chi connectivity index (χ1n) is 8.71. The van der Waals surface area contributed by atoms with Crippen LogP contribution in [-0.4, -0.2) is 27.5 Å². The van der Waals surface area contributed by atoms with Gasteiger partial charge in [0, 0.05) is 5.39 Å². The van der Waals surface area contributed by atoms with Crippen molar-refractivity contribution >= 4 is 22.6 Å². The van der Waals surface area contributed by atoms with Crippen LogP contribution in [0.2, 0.25) is 0 Å². The highest BCUT2D eigenvalue weighted by Crippen LogP contribution is 2.28. The topological polar surface area (TPSA) is 70.4 Å². The summed E-state index contributed by atoms with van der Waals surface area (Å²) in [5.41, 5.74) is 3.43. The molecule has 1 aliphatic heterocycles. The molecule has 2 N–H and O–H groups in total. The molecule has 2 heterocycles. The maximum absolute atomic E-state index is 13.2. The van der Waals surface area contributed by atoms with E-state index < -0.39 is 6.10 Å². The van der Waals surface area contributed by atoms with E-state index in [9.17, 15) is 9.50 Å². The van der Waals surface area contributed by atoms with Crippen LogP contribution >= 0.6 is 0 Å². The molecule has 0 spiro atoms. The van der Waals surface area contributed by atoms with Crippen LogP contribution in [-0.2, 0) is 0 Å². The molecule has 1 atom stereocenters. The second-order valence-electron chi connectivity index (χ2n) is 6.67. The number of hydrogen-bond donors (Lipinski definition) is 2. The number of para-hydroxylation sites is 1. The van der Waals surface area contributed by atoms with Crippen LogP contribution in [0, 0.1) is 12.7 Å². The summed E-state index contributed by atoms with van der Waals surface area (Å²) in [7, 11) is 0. The van der Waals surface area contributed by atoms with Gasteiger partial charge in [0.1, 0.15) is 23.6 Å². The van der Waals surface area contributed by atoms with E-state index >= 15 is 0 Å². The van der Waals surface area contributed by atoms with Crippen LogP contribution in [0.15, 0.2) is 59.1 Å². The molecular weight excluding hydrogens is 343 g/mol. The van der Waals surface area contributed by atoms with E-state index in [1.54, 1.807) is 0 Å². The monoisotopic (exact) mass is 362 g/mol. The van der Waals surface area contributed by atoms with Crippen molar-refractivity contribution < 1.29 is 9.50 Å². The lowest BCUT2D eigenvalue weighted by atomic mass is 10.1. The predicted octanol–water partition coefficient (Wildman–Crippen LogP) is 3.93. The fraction of sp³-hybridized carbons (Fsp3) is 0.190. The van der Waals surface area contributed by atoms with Crippen LogP contribution in [0.3, 0.4) is 0 Å². The number of nitrogens with one attached hydrogen (secondary N) is 1. The van der Waals surface area contributed by atoms with Crippen molar-refractivity contribution in [2.75, 3.05) is 11.9 Å². The van der Waals surface area contributed by atoms with Gasteiger partial charge in [0.05, 0.1) is 12.1 Å². The smallest absolute Gasteiger partial charge is 0.164 e. The second-order valence-corrected chi connectivity index (χ2v) is 6.67. The first kappa shape index (κ1) is 17.3. The molecule has 0 aliphatic carbocycles. The molecule has 6 heteroatoms. The van der Waals surface area contributed by atoms with Crippen LogP contribution in [0.5, 0.6) is 0 Å². The van der Waals surface area contributed by atoms with Gasteiger partial charge in [0.15, 0.2) is 5.82 Å². The number of rotatable bonds is 3. The molecule has 1 unspecified atom stereocenters. The third-order valence-corrected chi connectivity index (χ3v) is 4.50. The SMILES string of the molecule is CC1=CC(Nc2nc(C(O)c3ccc(F)cc3)nc3c(C)cccc23)=NC1. The Balaban J connectivity index is 1.81. The number of aryl methyl sites for hydroxylation is 1. The van der Waals surface area contributed by atoms with E-state index in [1.165, 1.54) is 29.8 Å². The Morgan fingerprint density at radius 3 is 2.56 bits per heavy atom. The zero-order valence-corrected chi connectivity index (χ0v) is 15.1. The standard InChI is InChI=1S/C21H19FN4O/c1-12-10-17(23-11-12)24-20-16-5-3-4-13(2)18(16)25-21(26-20)19(27)14-6-8-15(22)9-7-14/h3-10,19,27H,11H2,1-2H3,(H,23,24,25,26). The van der Waals surface area contributed by atoms with E-state index in [2.05, 4.69) is 20.3 Å². The number of aliphatic hydroxyl groups excluding tert-OH is 1. The molecule has 0 radical (unpaired) electrons. The lowest BCUT2D eigenvalue weighted by Gasteiger charge is -2.15. The van der Waals surface area contributed by atoms with Crippen molar-refractivity contribution in [3.63, 3.8) is 0 Å². The van der Waals surface area contributed by atoms with Gasteiger partial charge in [-0.05, 0) is 54.8 Å². The quantitative estimate of drug-likeness (QED) is 0.741. The highest BCUT2D eigenvalue weighted by Gasteiger charge is 2.18. The van der Waals surface area contributed by atoms with Crippen LogP contribution in [0.25, 0.3) is 10.9 Å². The molecule has 0 amide bonds. The third-order valence-electron chi connectivity index (χ3n) is 4.50. The van der Waals surface area contributed by atoms with Crippen molar-refractivity contribution in [3.8, 4) is 0 Å².